The van der Waals surface area contributed by atoms with E-state index in [0.717, 1.165) is 0 Å². The molecule has 0 fully saturated rings. The summed E-state index contributed by atoms with van der Waals surface area (Å²) in [5.74, 6) is -1.73. The van der Waals surface area contributed by atoms with Crippen molar-refractivity contribution in [1.82, 2.24) is 0 Å². The molecular formula is C16H13B2F6NO7S. The Morgan fingerprint density at radius 3 is 1.42 bits per heavy atom. The van der Waals surface area contributed by atoms with Gasteiger partial charge in [-0.2, -0.15) is 26.3 Å². The number of carbonyl (C=O) groups is 1. The number of carboxylic acid groups (broad SMARTS) is 1. The summed E-state index contributed by atoms with van der Waals surface area (Å²) in [6.45, 7) is -1.32. The molecule has 33 heavy (non-hydrogen) atoms. The molecule has 0 atom stereocenters. The van der Waals surface area contributed by atoms with E-state index in [4.69, 9.17) is 5.11 Å². The summed E-state index contributed by atoms with van der Waals surface area (Å²) in [6, 6.07) is 2.05. The average Bonchev–Trinajstić information content (AvgIpc) is 2.69. The van der Waals surface area contributed by atoms with E-state index in [9.17, 15) is 55.4 Å². The van der Waals surface area contributed by atoms with Gasteiger partial charge in [-0.3, -0.25) is 4.79 Å². The molecule has 2 aromatic rings. The monoisotopic (exact) mass is 499 g/mol. The Kier molecular flexibility index (Phi) is 7.55. The molecule has 0 radical (unpaired) electrons. The highest BCUT2D eigenvalue weighted by Crippen LogP contribution is 2.35. The molecule has 0 saturated heterocycles. The average molecular weight is 499 g/mol. The maximum absolute atomic E-state index is 13.7. The van der Waals surface area contributed by atoms with Crippen molar-refractivity contribution in [3.8, 4) is 0 Å². The maximum atomic E-state index is 13.7. The fraction of sp³-hybridized carbons (Fsp3) is 0.188. The number of benzene rings is 2. The third-order valence-electron chi connectivity index (χ3n) is 4.13. The van der Waals surface area contributed by atoms with Gasteiger partial charge in [0.1, 0.15) is 16.3 Å². The van der Waals surface area contributed by atoms with Gasteiger partial charge < -0.3 is 25.2 Å². The lowest BCUT2D eigenvalue weighted by molar-refractivity contribution is -0.138. The highest BCUT2D eigenvalue weighted by molar-refractivity contribution is 7.93. The van der Waals surface area contributed by atoms with E-state index in [2.05, 4.69) is 4.36 Å². The second-order valence-electron chi connectivity index (χ2n) is 6.53. The van der Waals surface area contributed by atoms with Crippen molar-refractivity contribution in [2.45, 2.75) is 22.1 Å². The lowest BCUT2D eigenvalue weighted by atomic mass is 9.79. The predicted octanol–water partition coefficient (Wildman–Crippen LogP) is 0.0544. The summed E-state index contributed by atoms with van der Waals surface area (Å²) in [6.07, 6.45) is -10.3. The summed E-state index contributed by atoms with van der Waals surface area (Å²) in [5, 5.41) is 46.1. The molecule has 0 aliphatic heterocycles. The predicted molar refractivity (Wildman–Crippen MR) is 102 cm³/mol. The van der Waals surface area contributed by atoms with Gasteiger partial charge >= 0.3 is 32.6 Å². The fourth-order valence-electron chi connectivity index (χ4n) is 2.62. The van der Waals surface area contributed by atoms with E-state index in [1.54, 1.807) is 0 Å². The zero-order valence-corrected chi connectivity index (χ0v) is 16.8. The minimum atomic E-state index is -5.13. The number of aliphatic carboxylic acids is 1. The fourth-order valence-corrected chi connectivity index (χ4v) is 4.65. The first-order valence-electron chi connectivity index (χ1n) is 8.56. The number of halogens is 6. The number of rotatable bonds is 6. The van der Waals surface area contributed by atoms with E-state index in [1.165, 1.54) is 0 Å². The Hall–Kier alpha value is -2.59. The molecule has 17 heteroatoms. The first kappa shape index (κ1) is 26.7. The lowest BCUT2D eigenvalue weighted by Crippen LogP contribution is -2.33. The summed E-state index contributed by atoms with van der Waals surface area (Å²) < 4.78 is 96.9. The van der Waals surface area contributed by atoms with Gasteiger partial charge in [-0.1, -0.05) is 12.1 Å². The van der Waals surface area contributed by atoms with Crippen molar-refractivity contribution in [2.75, 3.05) is 6.54 Å². The first-order valence-corrected chi connectivity index (χ1v) is 10.1. The molecule has 0 aromatic heterocycles. The second-order valence-corrected chi connectivity index (χ2v) is 8.78. The van der Waals surface area contributed by atoms with Crippen molar-refractivity contribution in [3.63, 3.8) is 0 Å². The molecular weight excluding hydrogens is 486 g/mol. The van der Waals surface area contributed by atoms with Crippen LogP contribution in [-0.2, 0) is 26.9 Å². The molecule has 0 heterocycles. The van der Waals surface area contributed by atoms with Crippen LogP contribution in [0.4, 0.5) is 26.3 Å². The highest BCUT2D eigenvalue weighted by Gasteiger charge is 2.36. The summed E-state index contributed by atoms with van der Waals surface area (Å²) >= 11 is 0. The van der Waals surface area contributed by atoms with Gasteiger partial charge in [0.2, 0.25) is 0 Å². The van der Waals surface area contributed by atoms with Gasteiger partial charge in [-0.25, -0.2) is 8.57 Å². The van der Waals surface area contributed by atoms with Crippen LogP contribution in [0.5, 0.6) is 0 Å². The molecule has 8 nitrogen and oxygen atoms in total. The summed E-state index contributed by atoms with van der Waals surface area (Å²) in [7, 11) is -9.66. The minimum Gasteiger partial charge on any atom is -0.480 e. The van der Waals surface area contributed by atoms with Gasteiger partial charge in [0.15, 0.2) is 0 Å². The van der Waals surface area contributed by atoms with Crippen molar-refractivity contribution >= 4 is 40.9 Å². The van der Waals surface area contributed by atoms with E-state index >= 15 is 0 Å². The standard InChI is InChI=1S/C16H13B2F6NO7S/c19-15(20,21)8-1-10(17(28)29)5-12(3-8)33(32,25-7-14(26)27)13-4-9(16(22,23)24)2-11(6-13)18(30)31/h1-6,28-31H,7H2,(H,26,27). The zero-order valence-electron chi connectivity index (χ0n) is 16.0. The van der Waals surface area contributed by atoms with Crippen LogP contribution in [0.1, 0.15) is 11.1 Å². The summed E-state index contributed by atoms with van der Waals surface area (Å²) in [5.41, 5.74) is -4.86. The number of nitrogens with zero attached hydrogens (tertiary/aromatic N) is 1. The first-order chi connectivity index (χ1) is 14.9. The maximum Gasteiger partial charge on any atom is 0.488 e. The number of alkyl halides is 6. The molecule has 0 aliphatic carbocycles. The van der Waals surface area contributed by atoms with Crippen LogP contribution in [0, 0.1) is 0 Å². The number of hydrogen-bond acceptors (Lipinski definition) is 7. The van der Waals surface area contributed by atoms with Gasteiger partial charge in [-0.05, 0) is 35.2 Å². The van der Waals surface area contributed by atoms with Crippen LogP contribution in [0.25, 0.3) is 0 Å². The third-order valence-corrected chi connectivity index (χ3v) is 6.37. The second kappa shape index (κ2) is 9.34. The number of hydrogen-bond donors (Lipinski definition) is 5. The van der Waals surface area contributed by atoms with Gasteiger partial charge in [0.05, 0.1) is 20.9 Å². The topological polar surface area (TPSA) is 148 Å². The molecule has 0 bridgehead atoms. The van der Waals surface area contributed by atoms with Crippen LogP contribution in [-0.4, -0.2) is 56.2 Å². The molecule has 178 valence electrons. The van der Waals surface area contributed by atoms with Crippen molar-refractivity contribution < 1.29 is 60.5 Å². The lowest BCUT2D eigenvalue weighted by Gasteiger charge is -2.18. The van der Waals surface area contributed by atoms with Gasteiger partial charge in [0, 0.05) is 0 Å². The van der Waals surface area contributed by atoms with Gasteiger partial charge in [-0.15, -0.1) is 0 Å². The largest absolute Gasteiger partial charge is 0.488 e. The van der Waals surface area contributed by atoms with Crippen LogP contribution >= 0.6 is 0 Å². The Balaban J connectivity index is 2.99. The Bertz CT molecular complexity index is 1100. The Morgan fingerprint density at radius 2 is 1.15 bits per heavy atom. The van der Waals surface area contributed by atoms with Crippen LogP contribution in [0.2, 0.25) is 0 Å². The normalized spacial score (nSPS) is 12.4. The quantitative estimate of drug-likeness (QED) is 0.279. The Labute approximate surface area is 182 Å². The minimum absolute atomic E-state index is 0.203. The molecule has 0 aliphatic rings. The van der Waals surface area contributed by atoms with Crippen LogP contribution < -0.4 is 10.9 Å². The van der Waals surface area contributed by atoms with Gasteiger partial charge in [0.25, 0.3) is 0 Å². The van der Waals surface area contributed by atoms with E-state index in [1.807, 2.05) is 0 Å². The number of carboxylic acids is 1. The highest BCUT2D eigenvalue weighted by atomic mass is 32.2. The van der Waals surface area contributed by atoms with Crippen LogP contribution in [0.15, 0.2) is 50.6 Å². The SMILES string of the molecule is O=C(O)CN=S(=O)(c1cc(B(O)O)cc(C(F)(F)F)c1)c1cc(B(O)O)cc(C(F)(F)F)c1. The molecule has 0 amide bonds. The molecule has 2 rings (SSSR count). The molecule has 2 aromatic carbocycles. The van der Waals surface area contributed by atoms with E-state index in [-0.39, 0.29) is 24.3 Å². The molecule has 0 unspecified atom stereocenters. The zero-order chi connectivity index (χ0) is 25.4. The summed E-state index contributed by atoms with van der Waals surface area (Å²) in [4.78, 5) is 9.00. The van der Waals surface area contributed by atoms with Crippen molar-refractivity contribution in [1.29, 1.82) is 0 Å². The van der Waals surface area contributed by atoms with Crippen LogP contribution in [0.3, 0.4) is 0 Å². The Morgan fingerprint density at radius 1 is 0.788 bits per heavy atom. The van der Waals surface area contributed by atoms with Crippen molar-refractivity contribution in [2.24, 2.45) is 4.36 Å². The molecule has 0 spiro atoms. The van der Waals surface area contributed by atoms with E-state index in [0.29, 0.717) is 12.1 Å². The third kappa shape index (κ3) is 6.26. The van der Waals surface area contributed by atoms with E-state index < -0.39 is 80.7 Å². The smallest absolute Gasteiger partial charge is 0.480 e. The molecule has 5 N–H and O–H groups in total. The van der Waals surface area contributed by atoms with Crippen molar-refractivity contribution in [3.05, 3.63) is 47.5 Å². The molecule has 0 saturated carbocycles.